The third kappa shape index (κ3) is 4.98. The Labute approximate surface area is 220 Å². The van der Waals surface area contributed by atoms with Gasteiger partial charge in [-0.1, -0.05) is 76.1 Å². The number of amides is 2. The highest BCUT2D eigenvalue weighted by atomic mass is 79.9. The highest BCUT2D eigenvalue weighted by molar-refractivity contribution is 9.10. The molecule has 5 rings (SSSR count). The van der Waals surface area contributed by atoms with Gasteiger partial charge in [0.2, 0.25) is 0 Å². The summed E-state index contributed by atoms with van der Waals surface area (Å²) < 4.78 is 6.40. The SMILES string of the molecule is Cc1ccc(C(=O)Oc2ccc(Br)cc2/C=C2\SC(=O)N(Cc3cccc4ccccc34)C2=O)cc1. The summed E-state index contributed by atoms with van der Waals surface area (Å²) in [6, 6.07) is 25.9. The second-order valence-electron chi connectivity index (χ2n) is 8.34. The lowest BCUT2D eigenvalue weighted by Gasteiger charge is -2.14. The lowest BCUT2D eigenvalue weighted by molar-refractivity contribution is -0.123. The molecule has 0 N–H and O–H groups in total. The van der Waals surface area contributed by atoms with Gasteiger partial charge in [0.1, 0.15) is 5.75 Å². The largest absolute Gasteiger partial charge is 0.422 e. The highest BCUT2D eigenvalue weighted by Gasteiger charge is 2.35. The summed E-state index contributed by atoms with van der Waals surface area (Å²) in [6.07, 6.45) is 1.59. The molecule has 1 aliphatic heterocycles. The van der Waals surface area contributed by atoms with Crippen LogP contribution in [0.1, 0.15) is 27.0 Å². The van der Waals surface area contributed by atoms with E-state index in [1.54, 1.807) is 36.4 Å². The van der Waals surface area contributed by atoms with Crippen molar-refractivity contribution in [3.05, 3.63) is 117 Å². The molecule has 1 saturated heterocycles. The van der Waals surface area contributed by atoms with Crippen LogP contribution >= 0.6 is 27.7 Å². The lowest BCUT2D eigenvalue weighted by Crippen LogP contribution is -2.27. The molecular weight excluding hydrogens is 538 g/mol. The number of hydrogen-bond donors (Lipinski definition) is 0. The van der Waals surface area contributed by atoms with Crippen molar-refractivity contribution in [1.82, 2.24) is 4.90 Å². The van der Waals surface area contributed by atoms with E-state index in [1.807, 2.05) is 61.5 Å². The minimum atomic E-state index is -0.504. The average molecular weight is 558 g/mol. The molecule has 0 radical (unpaired) electrons. The summed E-state index contributed by atoms with van der Waals surface area (Å²) in [7, 11) is 0. The van der Waals surface area contributed by atoms with Gasteiger partial charge in [-0.15, -0.1) is 0 Å². The molecule has 7 heteroatoms. The molecule has 4 aromatic carbocycles. The van der Waals surface area contributed by atoms with Gasteiger partial charge in [0.25, 0.3) is 11.1 Å². The Balaban J connectivity index is 1.41. The zero-order valence-corrected chi connectivity index (χ0v) is 21.6. The van der Waals surface area contributed by atoms with Gasteiger partial charge in [-0.3, -0.25) is 14.5 Å². The van der Waals surface area contributed by atoms with Crippen LogP contribution in [0.15, 0.2) is 94.3 Å². The van der Waals surface area contributed by atoms with Crippen molar-refractivity contribution in [1.29, 1.82) is 0 Å². The van der Waals surface area contributed by atoms with Crippen molar-refractivity contribution < 1.29 is 19.1 Å². The quantitative estimate of drug-likeness (QED) is 0.145. The van der Waals surface area contributed by atoms with Crippen LogP contribution < -0.4 is 4.74 Å². The number of thioether (sulfide) groups is 1. The van der Waals surface area contributed by atoms with Gasteiger partial charge < -0.3 is 4.74 Å². The number of rotatable bonds is 5. The Hall–Kier alpha value is -3.68. The summed E-state index contributed by atoms with van der Waals surface area (Å²) in [5.74, 6) is -0.589. The molecule has 1 fully saturated rings. The molecule has 0 aliphatic carbocycles. The van der Waals surface area contributed by atoms with E-state index in [0.717, 1.165) is 38.1 Å². The number of esters is 1. The van der Waals surface area contributed by atoms with Gasteiger partial charge in [-0.2, -0.15) is 0 Å². The fourth-order valence-electron chi connectivity index (χ4n) is 3.95. The van der Waals surface area contributed by atoms with Crippen LogP contribution in [0.4, 0.5) is 4.79 Å². The first-order valence-corrected chi connectivity index (χ1v) is 12.8. The van der Waals surface area contributed by atoms with Crippen LogP contribution in [0.5, 0.6) is 5.75 Å². The predicted molar refractivity (Wildman–Crippen MR) is 146 cm³/mol. The fourth-order valence-corrected chi connectivity index (χ4v) is 5.16. The molecule has 1 aliphatic rings. The van der Waals surface area contributed by atoms with Crippen molar-refractivity contribution in [2.75, 3.05) is 0 Å². The van der Waals surface area contributed by atoms with Crippen molar-refractivity contribution in [3.8, 4) is 5.75 Å². The molecule has 0 saturated carbocycles. The van der Waals surface area contributed by atoms with Gasteiger partial charge >= 0.3 is 5.97 Å². The second-order valence-corrected chi connectivity index (χ2v) is 10.3. The number of hydrogen-bond acceptors (Lipinski definition) is 5. The molecule has 0 atom stereocenters. The standard InChI is InChI=1S/C29H20BrNO4S/c1-18-9-11-20(12-10-18)28(33)35-25-14-13-23(30)15-22(25)16-26-27(32)31(29(34)36-26)17-21-7-4-6-19-5-2-3-8-24(19)21/h2-16H,17H2,1H3/b26-16-. The van der Waals surface area contributed by atoms with Crippen LogP contribution in [0.25, 0.3) is 16.8 Å². The first kappa shape index (κ1) is 24.0. The molecule has 5 nitrogen and oxygen atoms in total. The van der Waals surface area contributed by atoms with E-state index in [2.05, 4.69) is 15.9 Å². The van der Waals surface area contributed by atoms with E-state index in [4.69, 9.17) is 4.74 Å². The van der Waals surface area contributed by atoms with E-state index < -0.39 is 5.97 Å². The summed E-state index contributed by atoms with van der Waals surface area (Å²) in [5.41, 5.74) is 2.87. The Kier molecular flexibility index (Phi) is 6.76. The summed E-state index contributed by atoms with van der Waals surface area (Å²) in [6.45, 7) is 2.12. The van der Waals surface area contributed by atoms with E-state index in [9.17, 15) is 14.4 Å². The molecule has 0 spiro atoms. The van der Waals surface area contributed by atoms with Crippen LogP contribution in [0, 0.1) is 6.92 Å². The minimum absolute atomic E-state index is 0.178. The molecule has 1 heterocycles. The summed E-state index contributed by atoms with van der Waals surface area (Å²) >= 11 is 4.31. The topological polar surface area (TPSA) is 63.7 Å². The molecular formula is C29H20BrNO4S. The molecule has 0 aromatic heterocycles. The number of fused-ring (bicyclic) bond motifs is 1. The normalized spacial score (nSPS) is 14.6. The zero-order valence-electron chi connectivity index (χ0n) is 19.2. The molecule has 2 amide bonds. The number of carbonyl (C=O) groups is 3. The Morgan fingerprint density at radius 2 is 1.72 bits per heavy atom. The van der Waals surface area contributed by atoms with E-state index in [1.165, 1.54) is 4.90 Å². The predicted octanol–water partition coefficient (Wildman–Crippen LogP) is 7.37. The van der Waals surface area contributed by atoms with Gasteiger partial charge in [0, 0.05) is 10.0 Å². The maximum absolute atomic E-state index is 13.2. The molecule has 178 valence electrons. The molecule has 36 heavy (non-hydrogen) atoms. The maximum atomic E-state index is 13.2. The smallest absolute Gasteiger partial charge is 0.343 e. The lowest BCUT2D eigenvalue weighted by atomic mass is 10.0. The van der Waals surface area contributed by atoms with Gasteiger partial charge in [0.05, 0.1) is 17.0 Å². The van der Waals surface area contributed by atoms with Gasteiger partial charge in [-0.25, -0.2) is 4.79 Å². The number of imide groups is 1. The van der Waals surface area contributed by atoms with E-state index in [0.29, 0.717) is 16.9 Å². The van der Waals surface area contributed by atoms with Crippen LogP contribution in [0.2, 0.25) is 0 Å². The number of nitrogens with zero attached hydrogens (tertiary/aromatic N) is 1. The zero-order chi connectivity index (χ0) is 25.2. The number of halogens is 1. The molecule has 4 aromatic rings. The number of carbonyl (C=O) groups excluding carboxylic acids is 3. The molecule has 0 unspecified atom stereocenters. The van der Waals surface area contributed by atoms with Gasteiger partial charge in [0.15, 0.2) is 0 Å². The summed E-state index contributed by atoms with van der Waals surface area (Å²) in [5, 5.41) is 1.71. The van der Waals surface area contributed by atoms with E-state index in [-0.39, 0.29) is 22.6 Å². The Morgan fingerprint density at radius 1 is 0.972 bits per heavy atom. The Morgan fingerprint density at radius 3 is 2.53 bits per heavy atom. The maximum Gasteiger partial charge on any atom is 0.343 e. The number of ether oxygens (including phenoxy) is 1. The van der Waals surface area contributed by atoms with Crippen molar-refractivity contribution in [2.45, 2.75) is 13.5 Å². The van der Waals surface area contributed by atoms with Crippen LogP contribution in [-0.4, -0.2) is 22.0 Å². The summed E-state index contributed by atoms with van der Waals surface area (Å²) in [4.78, 5) is 40.2. The number of benzene rings is 4. The average Bonchev–Trinajstić information content (AvgIpc) is 3.13. The minimum Gasteiger partial charge on any atom is -0.422 e. The first-order valence-electron chi connectivity index (χ1n) is 11.2. The number of aryl methyl sites for hydroxylation is 1. The van der Waals surface area contributed by atoms with E-state index >= 15 is 0 Å². The third-order valence-electron chi connectivity index (χ3n) is 5.83. The third-order valence-corrected chi connectivity index (χ3v) is 7.23. The molecule has 0 bridgehead atoms. The van der Waals surface area contributed by atoms with Crippen molar-refractivity contribution in [2.24, 2.45) is 0 Å². The van der Waals surface area contributed by atoms with Crippen molar-refractivity contribution >= 4 is 61.7 Å². The van der Waals surface area contributed by atoms with Crippen LogP contribution in [0.3, 0.4) is 0 Å². The Bertz CT molecular complexity index is 1540. The highest BCUT2D eigenvalue weighted by Crippen LogP contribution is 2.36. The second kappa shape index (κ2) is 10.1. The van der Waals surface area contributed by atoms with Crippen molar-refractivity contribution in [3.63, 3.8) is 0 Å². The van der Waals surface area contributed by atoms with Gasteiger partial charge in [-0.05, 0) is 71.4 Å². The first-order chi connectivity index (χ1) is 17.4. The van der Waals surface area contributed by atoms with Crippen LogP contribution in [-0.2, 0) is 11.3 Å². The fraction of sp³-hybridized carbons (Fsp3) is 0.0690. The monoisotopic (exact) mass is 557 g/mol.